The number of carbonyl (C=O) groups is 1. The van der Waals surface area contributed by atoms with E-state index >= 15 is 0 Å². The number of aryl methyl sites for hydroxylation is 1. The lowest BCUT2D eigenvalue weighted by Gasteiger charge is -2.17. The van der Waals surface area contributed by atoms with Gasteiger partial charge in [-0.25, -0.2) is 9.07 Å². The van der Waals surface area contributed by atoms with Crippen LogP contribution in [-0.4, -0.2) is 40.8 Å². The highest BCUT2D eigenvalue weighted by atomic mass is 19.1. The molecule has 0 unspecified atom stereocenters. The van der Waals surface area contributed by atoms with E-state index in [1.54, 1.807) is 28.8 Å². The zero-order valence-electron chi connectivity index (χ0n) is 16.7. The molecule has 29 heavy (non-hydrogen) atoms. The van der Waals surface area contributed by atoms with Gasteiger partial charge in [0.1, 0.15) is 18.2 Å². The summed E-state index contributed by atoms with van der Waals surface area (Å²) in [7, 11) is 1.77. The fraction of sp³-hybridized carbons (Fsp3) is 0.304. The highest BCUT2D eigenvalue weighted by Crippen LogP contribution is 2.28. The molecule has 0 saturated carbocycles. The topological polar surface area (TPSA) is 47.4 Å². The van der Waals surface area contributed by atoms with Crippen LogP contribution in [0.4, 0.5) is 4.39 Å². The van der Waals surface area contributed by atoms with Crippen LogP contribution in [0.25, 0.3) is 5.69 Å². The fourth-order valence-corrected chi connectivity index (χ4v) is 3.70. The minimum atomic E-state index is -0.290. The van der Waals surface area contributed by atoms with Gasteiger partial charge < -0.3 is 9.64 Å². The maximum absolute atomic E-state index is 13.3. The van der Waals surface area contributed by atoms with E-state index in [0.29, 0.717) is 18.8 Å². The molecule has 0 bridgehead atoms. The molecule has 0 aliphatic heterocycles. The summed E-state index contributed by atoms with van der Waals surface area (Å²) in [6, 6.07) is 14.0. The fourth-order valence-electron chi connectivity index (χ4n) is 3.70. The van der Waals surface area contributed by atoms with Gasteiger partial charge in [0, 0.05) is 18.3 Å². The number of hydrogen-bond donors (Lipinski definition) is 0. The number of rotatable bonds is 6. The number of benzene rings is 2. The van der Waals surface area contributed by atoms with E-state index in [1.807, 2.05) is 31.2 Å². The van der Waals surface area contributed by atoms with Crippen LogP contribution in [0.15, 0.2) is 48.5 Å². The molecule has 1 aliphatic rings. The summed E-state index contributed by atoms with van der Waals surface area (Å²) in [4.78, 5) is 14.7. The molecule has 1 aromatic heterocycles. The second-order valence-electron chi connectivity index (χ2n) is 7.36. The Morgan fingerprint density at radius 3 is 2.69 bits per heavy atom. The van der Waals surface area contributed by atoms with E-state index in [9.17, 15) is 9.18 Å². The van der Waals surface area contributed by atoms with Crippen LogP contribution in [0.3, 0.4) is 0 Å². The maximum Gasteiger partial charge on any atom is 0.274 e. The van der Waals surface area contributed by atoms with Crippen molar-refractivity contribution in [3.63, 3.8) is 0 Å². The molecule has 0 N–H and O–H groups in total. The summed E-state index contributed by atoms with van der Waals surface area (Å²) in [5.41, 5.74) is 4.38. The Kier molecular flexibility index (Phi) is 5.34. The molecule has 1 heterocycles. The number of aromatic nitrogens is 2. The Morgan fingerprint density at radius 2 is 1.93 bits per heavy atom. The number of hydrogen-bond acceptors (Lipinski definition) is 3. The van der Waals surface area contributed by atoms with Crippen molar-refractivity contribution in [2.24, 2.45) is 0 Å². The summed E-state index contributed by atoms with van der Waals surface area (Å²) < 4.78 is 20.9. The average Bonchev–Trinajstić information content (AvgIpc) is 3.32. The molecule has 4 rings (SSSR count). The minimum Gasteiger partial charge on any atom is -0.491 e. The first-order valence-electron chi connectivity index (χ1n) is 9.85. The van der Waals surface area contributed by atoms with Gasteiger partial charge >= 0.3 is 0 Å². The maximum atomic E-state index is 13.3. The van der Waals surface area contributed by atoms with Gasteiger partial charge in [0.25, 0.3) is 5.91 Å². The molecule has 0 fully saturated rings. The van der Waals surface area contributed by atoms with Gasteiger partial charge in [-0.15, -0.1) is 0 Å². The van der Waals surface area contributed by atoms with E-state index in [4.69, 9.17) is 4.74 Å². The van der Waals surface area contributed by atoms with Crippen molar-refractivity contribution >= 4 is 5.91 Å². The molecule has 0 atom stereocenters. The SMILES string of the molecule is Cc1ccccc1OCCN(C)C(=O)c1nn(-c2ccc(F)cc2)c2c1CCC2. The molecule has 0 saturated heterocycles. The van der Waals surface area contributed by atoms with Crippen molar-refractivity contribution in [3.05, 3.63) is 76.9 Å². The average molecular weight is 393 g/mol. The number of fused-ring (bicyclic) bond motifs is 1. The van der Waals surface area contributed by atoms with E-state index in [2.05, 4.69) is 5.10 Å². The molecule has 1 amide bonds. The van der Waals surface area contributed by atoms with Gasteiger partial charge in [-0.2, -0.15) is 5.10 Å². The summed E-state index contributed by atoms with van der Waals surface area (Å²) >= 11 is 0. The summed E-state index contributed by atoms with van der Waals surface area (Å²) in [5, 5.41) is 4.60. The lowest BCUT2D eigenvalue weighted by molar-refractivity contribution is 0.0766. The van der Waals surface area contributed by atoms with Crippen LogP contribution in [0.5, 0.6) is 5.75 Å². The van der Waals surface area contributed by atoms with Crippen molar-refractivity contribution in [2.45, 2.75) is 26.2 Å². The van der Waals surface area contributed by atoms with Crippen molar-refractivity contribution in [2.75, 3.05) is 20.2 Å². The summed E-state index contributed by atoms with van der Waals surface area (Å²) in [5.74, 6) is 0.425. The third kappa shape index (κ3) is 3.88. The van der Waals surface area contributed by atoms with E-state index in [1.165, 1.54) is 12.1 Å². The Hall–Kier alpha value is -3.15. The first-order chi connectivity index (χ1) is 14.0. The smallest absolute Gasteiger partial charge is 0.274 e. The number of carbonyl (C=O) groups excluding carboxylic acids is 1. The Bertz CT molecular complexity index is 1030. The molecular formula is C23H24FN3O2. The number of halogens is 1. The highest BCUT2D eigenvalue weighted by Gasteiger charge is 2.28. The second kappa shape index (κ2) is 8.07. The lowest BCUT2D eigenvalue weighted by Crippen LogP contribution is -2.31. The van der Waals surface area contributed by atoms with Crippen LogP contribution in [0, 0.1) is 12.7 Å². The number of nitrogens with zero attached hydrogens (tertiary/aromatic N) is 3. The van der Waals surface area contributed by atoms with Gasteiger partial charge in [0.05, 0.1) is 12.2 Å². The highest BCUT2D eigenvalue weighted by molar-refractivity contribution is 5.94. The van der Waals surface area contributed by atoms with Crippen LogP contribution in [0.2, 0.25) is 0 Å². The molecule has 3 aromatic rings. The Labute approximate surface area is 169 Å². The largest absolute Gasteiger partial charge is 0.491 e. The molecular weight excluding hydrogens is 369 g/mol. The van der Waals surface area contributed by atoms with E-state index in [0.717, 1.165) is 47.5 Å². The van der Waals surface area contributed by atoms with Crippen LogP contribution < -0.4 is 4.74 Å². The van der Waals surface area contributed by atoms with Gasteiger partial charge in [0.2, 0.25) is 0 Å². The Balaban J connectivity index is 1.49. The minimum absolute atomic E-state index is 0.114. The van der Waals surface area contributed by atoms with Crippen molar-refractivity contribution in [3.8, 4) is 11.4 Å². The monoisotopic (exact) mass is 393 g/mol. The molecule has 0 spiro atoms. The van der Waals surface area contributed by atoms with Gasteiger partial charge in [-0.05, 0) is 62.1 Å². The normalized spacial score (nSPS) is 12.7. The molecule has 5 nitrogen and oxygen atoms in total. The molecule has 0 radical (unpaired) electrons. The second-order valence-corrected chi connectivity index (χ2v) is 7.36. The number of likely N-dealkylation sites (N-methyl/N-ethyl adjacent to an activating group) is 1. The zero-order valence-corrected chi connectivity index (χ0v) is 16.7. The Morgan fingerprint density at radius 1 is 1.17 bits per heavy atom. The van der Waals surface area contributed by atoms with Gasteiger partial charge in [-0.3, -0.25) is 4.79 Å². The molecule has 1 aliphatic carbocycles. The lowest BCUT2D eigenvalue weighted by atomic mass is 10.2. The first kappa shape index (κ1) is 19.2. The van der Waals surface area contributed by atoms with Crippen molar-refractivity contribution < 1.29 is 13.9 Å². The third-order valence-electron chi connectivity index (χ3n) is 5.33. The van der Waals surface area contributed by atoms with Crippen LogP contribution >= 0.6 is 0 Å². The van der Waals surface area contributed by atoms with Crippen LogP contribution in [0.1, 0.15) is 33.7 Å². The summed E-state index contributed by atoms with van der Waals surface area (Å²) in [6.45, 7) is 2.87. The van der Waals surface area contributed by atoms with Crippen molar-refractivity contribution in [1.82, 2.24) is 14.7 Å². The predicted molar refractivity (Wildman–Crippen MR) is 109 cm³/mol. The number of amides is 1. The number of ether oxygens (including phenoxy) is 1. The van der Waals surface area contributed by atoms with E-state index in [-0.39, 0.29) is 11.7 Å². The van der Waals surface area contributed by atoms with Gasteiger partial charge in [0.15, 0.2) is 5.69 Å². The zero-order chi connectivity index (χ0) is 20.4. The van der Waals surface area contributed by atoms with Crippen molar-refractivity contribution in [1.29, 1.82) is 0 Å². The molecule has 2 aromatic carbocycles. The standard InChI is InChI=1S/C23H24FN3O2/c1-16-6-3-4-9-21(16)29-15-14-26(2)23(28)22-19-7-5-8-20(19)27(25-22)18-12-10-17(24)11-13-18/h3-4,6,9-13H,5,7-8,14-15H2,1-2H3. The molecule has 6 heteroatoms. The van der Waals surface area contributed by atoms with Gasteiger partial charge in [-0.1, -0.05) is 18.2 Å². The first-order valence-corrected chi connectivity index (χ1v) is 9.85. The van der Waals surface area contributed by atoms with E-state index < -0.39 is 0 Å². The predicted octanol–water partition coefficient (Wildman–Crippen LogP) is 3.96. The third-order valence-corrected chi connectivity index (χ3v) is 5.33. The number of para-hydroxylation sites is 1. The van der Waals surface area contributed by atoms with Crippen LogP contribution in [-0.2, 0) is 12.8 Å². The quantitative estimate of drug-likeness (QED) is 0.637. The molecule has 150 valence electrons. The summed E-state index contributed by atoms with van der Waals surface area (Å²) in [6.07, 6.45) is 2.70.